The molecule has 0 bridgehead atoms. The van der Waals surface area contributed by atoms with Crippen molar-refractivity contribution in [1.29, 1.82) is 0 Å². The lowest BCUT2D eigenvalue weighted by Gasteiger charge is -2.21. The average molecular weight is 314 g/mol. The van der Waals surface area contributed by atoms with Crippen LogP contribution in [0.3, 0.4) is 0 Å². The Hall–Kier alpha value is -1.71. The predicted molar refractivity (Wildman–Crippen MR) is 78.1 cm³/mol. The minimum absolute atomic E-state index is 0.0152. The quantitative estimate of drug-likeness (QED) is 0.446. The molecule has 1 aliphatic rings. The van der Waals surface area contributed by atoms with Crippen LogP contribution in [0.5, 0.6) is 0 Å². The van der Waals surface area contributed by atoms with Gasteiger partial charge in [-0.15, -0.1) is 0 Å². The fourth-order valence-corrected chi connectivity index (χ4v) is 3.97. The van der Waals surface area contributed by atoms with Crippen molar-refractivity contribution in [2.75, 3.05) is 12.0 Å². The van der Waals surface area contributed by atoms with Gasteiger partial charge in [0.2, 0.25) is 10.0 Å². The first-order valence-corrected chi connectivity index (χ1v) is 8.12. The summed E-state index contributed by atoms with van der Waals surface area (Å²) >= 11 is 0. The maximum Gasteiger partial charge on any atom is 0.293 e. The molecular formula is C12H18N4O4S. The zero-order chi connectivity index (χ0) is 15.6. The molecule has 0 amide bonds. The minimum atomic E-state index is -3.66. The Kier molecular flexibility index (Phi) is 4.45. The zero-order valence-corrected chi connectivity index (χ0v) is 12.5. The number of anilines is 1. The maximum atomic E-state index is 12.6. The van der Waals surface area contributed by atoms with Gasteiger partial charge >= 0.3 is 0 Å². The molecule has 0 spiro atoms. The second kappa shape index (κ2) is 5.96. The van der Waals surface area contributed by atoms with Gasteiger partial charge in [0.25, 0.3) is 5.69 Å². The van der Waals surface area contributed by atoms with Crippen molar-refractivity contribution in [2.45, 2.75) is 37.1 Å². The number of sulfonamides is 1. The number of benzene rings is 1. The highest BCUT2D eigenvalue weighted by molar-refractivity contribution is 7.89. The van der Waals surface area contributed by atoms with Crippen molar-refractivity contribution in [3.8, 4) is 0 Å². The molecule has 9 heteroatoms. The SMILES string of the molecule is CCCN(C1CC1)S(=O)(=O)c1ccc([N+](=O)[O-])c(NN)c1. The minimum Gasteiger partial charge on any atom is -0.318 e. The number of hydrazine groups is 1. The highest BCUT2D eigenvalue weighted by Crippen LogP contribution is 2.34. The van der Waals surface area contributed by atoms with Crippen molar-refractivity contribution < 1.29 is 13.3 Å². The van der Waals surface area contributed by atoms with Gasteiger partial charge in [-0.25, -0.2) is 8.42 Å². The number of nitrogens with one attached hydrogen (secondary N) is 1. The summed E-state index contributed by atoms with van der Waals surface area (Å²) in [6, 6.07) is 3.65. The van der Waals surface area contributed by atoms with Crippen LogP contribution < -0.4 is 11.3 Å². The van der Waals surface area contributed by atoms with Crippen molar-refractivity contribution in [1.82, 2.24) is 4.31 Å². The standard InChI is InChI=1S/C12H18N4O4S/c1-2-7-15(9-3-4-9)21(19,20)10-5-6-12(16(17)18)11(8-10)14-13/h5-6,8-9,14H,2-4,7,13H2,1H3. The highest BCUT2D eigenvalue weighted by atomic mass is 32.2. The molecule has 0 unspecified atom stereocenters. The Morgan fingerprint density at radius 3 is 2.62 bits per heavy atom. The van der Waals surface area contributed by atoms with Crippen molar-refractivity contribution in [2.24, 2.45) is 5.84 Å². The first-order chi connectivity index (χ1) is 9.91. The summed E-state index contributed by atoms with van der Waals surface area (Å²) in [7, 11) is -3.66. The van der Waals surface area contributed by atoms with E-state index in [2.05, 4.69) is 5.43 Å². The van der Waals surface area contributed by atoms with Gasteiger partial charge in [0.15, 0.2) is 0 Å². The summed E-state index contributed by atoms with van der Waals surface area (Å²) in [5, 5.41) is 10.8. The molecule has 1 saturated carbocycles. The lowest BCUT2D eigenvalue weighted by molar-refractivity contribution is -0.384. The topological polar surface area (TPSA) is 119 Å². The molecule has 0 aliphatic heterocycles. The van der Waals surface area contributed by atoms with Crippen LogP contribution >= 0.6 is 0 Å². The number of rotatable bonds is 7. The molecule has 21 heavy (non-hydrogen) atoms. The zero-order valence-electron chi connectivity index (χ0n) is 11.7. The summed E-state index contributed by atoms with van der Waals surface area (Å²) < 4.78 is 26.7. The van der Waals surface area contributed by atoms with Crippen LogP contribution in [0.1, 0.15) is 26.2 Å². The largest absolute Gasteiger partial charge is 0.318 e. The third-order valence-corrected chi connectivity index (χ3v) is 5.27. The molecule has 2 rings (SSSR count). The third-order valence-electron chi connectivity index (χ3n) is 3.32. The van der Waals surface area contributed by atoms with E-state index in [4.69, 9.17) is 5.84 Å². The van der Waals surface area contributed by atoms with Gasteiger partial charge < -0.3 is 5.43 Å². The smallest absolute Gasteiger partial charge is 0.293 e. The second-order valence-electron chi connectivity index (χ2n) is 4.93. The van der Waals surface area contributed by atoms with Gasteiger partial charge in [-0.2, -0.15) is 4.31 Å². The van der Waals surface area contributed by atoms with E-state index in [9.17, 15) is 18.5 Å². The number of nitro benzene ring substituents is 1. The van der Waals surface area contributed by atoms with Crippen LogP contribution in [0.25, 0.3) is 0 Å². The fraction of sp³-hybridized carbons (Fsp3) is 0.500. The van der Waals surface area contributed by atoms with E-state index in [1.165, 1.54) is 16.4 Å². The molecule has 1 aromatic rings. The molecule has 0 radical (unpaired) electrons. The van der Waals surface area contributed by atoms with Crippen molar-refractivity contribution in [3.05, 3.63) is 28.3 Å². The lowest BCUT2D eigenvalue weighted by Crippen LogP contribution is -2.33. The van der Waals surface area contributed by atoms with E-state index in [0.29, 0.717) is 13.0 Å². The highest BCUT2D eigenvalue weighted by Gasteiger charge is 2.37. The molecule has 8 nitrogen and oxygen atoms in total. The van der Waals surface area contributed by atoms with Crippen LogP contribution in [-0.4, -0.2) is 30.2 Å². The molecule has 116 valence electrons. The van der Waals surface area contributed by atoms with Gasteiger partial charge in [0.1, 0.15) is 5.69 Å². The van der Waals surface area contributed by atoms with E-state index in [1.54, 1.807) is 0 Å². The molecular weight excluding hydrogens is 296 g/mol. The Balaban J connectivity index is 2.42. The number of nitro groups is 1. The Morgan fingerprint density at radius 2 is 2.14 bits per heavy atom. The summed E-state index contributed by atoms with van der Waals surface area (Å²) in [5.74, 6) is 5.24. The van der Waals surface area contributed by atoms with Crippen LogP contribution in [0.4, 0.5) is 11.4 Å². The van der Waals surface area contributed by atoms with Crippen molar-refractivity contribution in [3.63, 3.8) is 0 Å². The molecule has 0 saturated heterocycles. The monoisotopic (exact) mass is 314 g/mol. The summed E-state index contributed by atoms with van der Waals surface area (Å²) in [6.45, 7) is 2.35. The van der Waals surface area contributed by atoms with E-state index < -0.39 is 14.9 Å². The molecule has 1 fully saturated rings. The van der Waals surface area contributed by atoms with E-state index in [-0.39, 0.29) is 22.3 Å². The van der Waals surface area contributed by atoms with Crippen LogP contribution in [0, 0.1) is 10.1 Å². The summed E-state index contributed by atoms with van der Waals surface area (Å²) in [4.78, 5) is 10.2. The first kappa shape index (κ1) is 15.7. The molecule has 0 atom stereocenters. The number of nitrogens with two attached hydrogens (primary N) is 1. The van der Waals surface area contributed by atoms with Crippen LogP contribution in [0.2, 0.25) is 0 Å². The number of hydrogen-bond acceptors (Lipinski definition) is 6. The molecule has 3 N–H and O–H groups in total. The van der Waals surface area contributed by atoms with Gasteiger partial charge in [-0.05, 0) is 31.4 Å². The summed E-state index contributed by atoms with van der Waals surface area (Å²) in [6.07, 6.45) is 2.42. The molecule has 0 aromatic heterocycles. The fourth-order valence-electron chi connectivity index (χ4n) is 2.17. The van der Waals surface area contributed by atoms with Crippen molar-refractivity contribution >= 4 is 21.4 Å². The second-order valence-corrected chi connectivity index (χ2v) is 6.82. The van der Waals surface area contributed by atoms with Gasteiger partial charge in [-0.1, -0.05) is 6.92 Å². The Morgan fingerprint density at radius 1 is 1.48 bits per heavy atom. The Bertz CT molecular complexity index is 643. The van der Waals surface area contributed by atoms with E-state index in [0.717, 1.165) is 18.9 Å². The predicted octanol–water partition coefficient (Wildman–Crippen LogP) is 1.44. The third kappa shape index (κ3) is 3.14. The van der Waals surface area contributed by atoms with Gasteiger partial charge in [0.05, 0.1) is 9.82 Å². The molecule has 1 aromatic carbocycles. The molecule has 0 heterocycles. The first-order valence-electron chi connectivity index (χ1n) is 6.68. The lowest BCUT2D eigenvalue weighted by atomic mass is 10.3. The van der Waals surface area contributed by atoms with E-state index >= 15 is 0 Å². The number of nitrogens with zero attached hydrogens (tertiary/aromatic N) is 2. The Labute approximate surface area is 123 Å². The van der Waals surface area contributed by atoms with E-state index in [1.807, 2.05) is 6.92 Å². The number of hydrogen-bond donors (Lipinski definition) is 2. The maximum absolute atomic E-state index is 12.6. The summed E-state index contributed by atoms with van der Waals surface area (Å²) in [5.41, 5.74) is 1.90. The molecule has 1 aliphatic carbocycles. The van der Waals surface area contributed by atoms with Crippen LogP contribution in [0.15, 0.2) is 23.1 Å². The normalized spacial score (nSPS) is 15.2. The van der Waals surface area contributed by atoms with Crippen LogP contribution in [-0.2, 0) is 10.0 Å². The van der Waals surface area contributed by atoms with Gasteiger partial charge in [-0.3, -0.25) is 16.0 Å². The van der Waals surface area contributed by atoms with Gasteiger partial charge in [0, 0.05) is 18.7 Å². The average Bonchev–Trinajstić information content (AvgIpc) is 3.28. The number of nitrogen functional groups attached to an aromatic ring is 1.